The van der Waals surface area contributed by atoms with Crippen LogP contribution < -0.4 is 14.8 Å². The highest BCUT2D eigenvalue weighted by Gasteiger charge is 2.20. The van der Waals surface area contributed by atoms with E-state index in [4.69, 9.17) is 21.1 Å². The first-order chi connectivity index (χ1) is 15.3. The first-order valence-corrected chi connectivity index (χ1v) is 11.1. The van der Waals surface area contributed by atoms with E-state index in [9.17, 15) is 4.79 Å². The molecule has 1 N–H and O–H groups in total. The van der Waals surface area contributed by atoms with Gasteiger partial charge in [-0.25, -0.2) is 0 Å². The van der Waals surface area contributed by atoms with Crippen molar-refractivity contribution in [3.05, 3.63) is 93.5 Å². The predicted molar refractivity (Wildman–Crippen MR) is 130 cm³/mol. The summed E-state index contributed by atoms with van der Waals surface area (Å²) < 4.78 is 11.5. The largest absolute Gasteiger partial charge is 0.496 e. The van der Waals surface area contributed by atoms with Crippen LogP contribution in [0.3, 0.4) is 0 Å². The van der Waals surface area contributed by atoms with Gasteiger partial charge >= 0.3 is 0 Å². The van der Waals surface area contributed by atoms with Gasteiger partial charge in [-0.05, 0) is 72.4 Å². The number of methoxy groups -OCH3 is 1. The van der Waals surface area contributed by atoms with Crippen molar-refractivity contribution in [3.8, 4) is 11.5 Å². The van der Waals surface area contributed by atoms with E-state index < -0.39 is 0 Å². The molecule has 0 unspecified atom stereocenters. The van der Waals surface area contributed by atoms with Crippen molar-refractivity contribution in [3.63, 3.8) is 0 Å². The summed E-state index contributed by atoms with van der Waals surface area (Å²) in [4.78, 5) is 13.2. The molecule has 168 valence electrons. The minimum absolute atomic E-state index is 0.202. The summed E-state index contributed by atoms with van der Waals surface area (Å²) in [5.41, 5.74) is 4.67. The first kappa shape index (κ1) is 23.7. The highest BCUT2D eigenvalue weighted by molar-refractivity contribution is 6.31. The molecule has 0 bridgehead atoms. The molecule has 0 spiro atoms. The van der Waals surface area contributed by atoms with E-state index in [1.54, 1.807) is 25.3 Å². The lowest BCUT2D eigenvalue weighted by Crippen LogP contribution is -2.27. The van der Waals surface area contributed by atoms with E-state index in [1.165, 1.54) is 0 Å². The molecular formula is C27H30ClNO3. The molecule has 1 amide bonds. The van der Waals surface area contributed by atoms with Crippen molar-refractivity contribution in [2.24, 2.45) is 0 Å². The first-order valence-electron chi connectivity index (χ1n) is 10.8. The van der Waals surface area contributed by atoms with Gasteiger partial charge in [0.2, 0.25) is 0 Å². The fourth-order valence-corrected chi connectivity index (χ4v) is 3.88. The summed E-state index contributed by atoms with van der Waals surface area (Å²) in [6, 6.07) is 18.9. The maximum atomic E-state index is 13.2. The molecule has 32 heavy (non-hydrogen) atoms. The molecule has 0 saturated heterocycles. The van der Waals surface area contributed by atoms with Gasteiger partial charge in [-0.2, -0.15) is 0 Å². The van der Waals surface area contributed by atoms with Crippen LogP contribution in [-0.4, -0.2) is 13.0 Å². The average molecular weight is 452 g/mol. The minimum Gasteiger partial charge on any atom is -0.496 e. The van der Waals surface area contributed by atoms with Gasteiger partial charge in [0.1, 0.15) is 18.1 Å². The third-order valence-corrected chi connectivity index (χ3v) is 5.71. The van der Waals surface area contributed by atoms with Gasteiger partial charge < -0.3 is 14.8 Å². The Hall–Kier alpha value is -2.98. The molecule has 0 aliphatic carbocycles. The lowest BCUT2D eigenvalue weighted by Gasteiger charge is -2.21. The van der Waals surface area contributed by atoms with Crippen LogP contribution in [0.2, 0.25) is 5.02 Å². The molecule has 3 aromatic rings. The van der Waals surface area contributed by atoms with Crippen molar-refractivity contribution in [2.45, 2.75) is 46.3 Å². The minimum atomic E-state index is -0.232. The van der Waals surface area contributed by atoms with Crippen LogP contribution in [0.4, 0.5) is 0 Å². The van der Waals surface area contributed by atoms with Crippen LogP contribution in [0.25, 0.3) is 0 Å². The Labute approximate surface area is 195 Å². The fourth-order valence-electron chi connectivity index (χ4n) is 3.70. The van der Waals surface area contributed by atoms with Crippen LogP contribution in [0.1, 0.15) is 65.3 Å². The summed E-state index contributed by atoms with van der Waals surface area (Å²) >= 11 is 6.20. The third kappa shape index (κ3) is 5.63. The molecule has 3 aromatic carbocycles. The summed E-state index contributed by atoms with van der Waals surface area (Å²) in [5.74, 6) is 1.44. The SMILES string of the molecule is COc1cc(C)c([C@H](C)NC(=O)c2cc(Cl)ccc2OCc2ccccc2)cc1C(C)C. The van der Waals surface area contributed by atoms with Gasteiger partial charge in [-0.1, -0.05) is 55.8 Å². The number of carbonyl (C=O) groups excluding carboxylic acids is 1. The maximum Gasteiger partial charge on any atom is 0.255 e. The number of benzene rings is 3. The molecule has 0 saturated carbocycles. The summed E-state index contributed by atoms with van der Waals surface area (Å²) in [7, 11) is 1.68. The van der Waals surface area contributed by atoms with Crippen LogP contribution in [0, 0.1) is 6.92 Å². The molecule has 5 heteroatoms. The number of nitrogens with one attached hydrogen (secondary N) is 1. The maximum absolute atomic E-state index is 13.2. The zero-order chi connectivity index (χ0) is 23.3. The second-order valence-electron chi connectivity index (χ2n) is 8.22. The normalized spacial score (nSPS) is 11.8. The molecule has 3 rings (SSSR count). The van der Waals surface area contributed by atoms with Crippen molar-refractivity contribution in [2.75, 3.05) is 7.11 Å². The van der Waals surface area contributed by atoms with Crippen molar-refractivity contribution in [1.82, 2.24) is 5.32 Å². The van der Waals surface area contributed by atoms with Crippen molar-refractivity contribution in [1.29, 1.82) is 0 Å². The Kier molecular flexibility index (Phi) is 7.81. The quantitative estimate of drug-likeness (QED) is 0.407. The fraction of sp³-hybridized carbons (Fsp3) is 0.296. The van der Waals surface area contributed by atoms with Gasteiger partial charge in [0.15, 0.2) is 0 Å². The molecule has 1 atom stereocenters. The van der Waals surface area contributed by atoms with E-state index in [1.807, 2.05) is 50.2 Å². The topological polar surface area (TPSA) is 47.6 Å². The Morgan fingerprint density at radius 3 is 2.34 bits per heavy atom. The Bertz CT molecular complexity index is 1080. The van der Waals surface area contributed by atoms with E-state index >= 15 is 0 Å². The summed E-state index contributed by atoms with van der Waals surface area (Å²) in [6.45, 7) is 8.63. The monoisotopic (exact) mass is 451 g/mol. The molecule has 0 radical (unpaired) electrons. The van der Waals surface area contributed by atoms with Crippen molar-refractivity contribution < 1.29 is 14.3 Å². The molecular weight excluding hydrogens is 422 g/mol. The zero-order valence-electron chi connectivity index (χ0n) is 19.2. The van der Waals surface area contributed by atoms with Gasteiger partial charge in [0.05, 0.1) is 18.7 Å². The third-order valence-electron chi connectivity index (χ3n) is 5.48. The van der Waals surface area contributed by atoms with E-state index in [0.29, 0.717) is 28.9 Å². The molecule has 4 nitrogen and oxygen atoms in total. The lowest BCUT2D eigenvalue weighted by molar-refractivity contribution is 0.0935. The molecule has 0 aliphatic rings. The van der Waals surface area contributed by atoms with E-state index in [0.717, 1.165) is 28.0 Å². The molecule has 0 fully saturated rings. The average Bonchev–Trinajstić information content (AvgIpc) is 2.78. The number of carbonyl (C=O) groups is 1. The second-order valence-corrected chi connectivity index (χ2v) is 8.65. The summed E-state index contributed by atoms with van der Waals surface area (Å²) in [6.07, 6.45) is 0. The van der Waals surface area contributed by atoms with Crippen LogP contribution in [0.15, 0.2) is 60.7 Å². The van der Waals surface area contributed by atoms with E-state index in [2.05, 4.69) is 25.2 Å². The van der Waals surface area contributed by atoms with Gasteiger partial charge in [0, 0.05) is 5.02 Å². The van der Waals surface area contributed by atoms with Gasteiger partial charge in [-0.15, -0.1) is 0 Å². The Morgan fingerprint density at radius 1 is 0.969 bits per heavy atom. The standard InChI is InChI=1S/C27H30ClNO3/c1-17(2)22-15-23(18(3)13-26(22)31-5)19(4)29-27(30)24-14-21(28)11-12-25(24)32-16-20-9-7-6-8-10-20/h6-15,17,19H,16H2,1-5H3,(H,29,30)/t19-/m0/s1. The second kappa shape index (κ2) is 10.6. The number of halogens is 1. The molecule has 0 aliphatic heterocycles. The number of rotatable bonds is 8. The number of hydrogen-bond acceptors (Lipinski definition) is 3. The van der Waals surface area contributed by atoms with Crippen molar-refractivity contribution >= 4 is 17.5 Å². The highest BCUT2D eigenvalue weighted by Crippen LogP contribution is 2.32. The molecule has 0 aromatic heterocycles. The number of ether oxygens (including phenoxy) is 2. The number of hydrogen-bond donors (Lipinski definition) is 1. The summed E-state index contributed by atoms with van der Waals surface area (Å²) in [5, 5.41) is 3.59. The smallest absolute Gasteiger partial charge is 0.255 e. The number of aryl methyl sites for hydroxylation is 1. The lowest BCUT2D eigenvalue weighted by atomic mass is 9.93. The van der Waals surface area contributed by atoms with Crippen LogP contribution >= 0.6 is 11.6 Å². The van der Waals surface area contributed by atoms with Gasteiger partial charge in [0.25, 0.3) is 5.91 Å². The van der Waals surface area contributed by atoms with E-state index in [-0.39, 0.29) is 11.9 Å². The zero-order valence-corrected chi connectivity index (χ0v) is 20.0. The van der Waals surface area contributed by atoms with Gasteiger partial charge in [-0.3, -0.25) is 4.79 Å². The molecule has 0 heterocycles. The Morgan fingerprint density at radius 2 is 1.69 bits per heavy atom. The highest BCUT2D eigenvalue weighted by atomic mass is 35.5. The number of amides is 1. The Balaban J connectivity index is 1.82. The van der Waals surface area contributed by atoms with Crippen LogP contribution in [-0.2, 0) is 6.61 Å². The van der Waals surface area contributed by atoms with Crippen LogP contribution in [0.5, 0.6) is 11.5 Å². The predicted octanol–water partition coefficient (Wildman–Crippen LogP) is 6.85.